The van der Waals surface area contributed by atoms with Gasteiger partial charge >= 0.3 is 0 Å². The van der Waals surface area contributed by atoms with Crippen molar-refractivity contribution < 1.29 is 0 Å². The van der Waals surface area contributed by atoms with E-state index in [0.29, 0.717) is 0 Å². The number of para-hydroxylation sites is 1. The predicted octanol–water partition coefficient (Wildman–Crippen LogP) is 9.66. The quantitative estimate of drug-likeness (QED) is 0.249. The highest BCUT2D eigenvalue weighted by Crippen LogP contribution is 2.55. The van der Waals surface area contributed by atoms with Crippen molar-refractivity contribution in [2.75, 3.05) is 0 Å². The highest BCUT2D eigenvalue weighted by molar-refractivity contribution is 6.20. The minimum atomic E-state index is -0.114. The molecule has 39 heavy (non-hydrogen) atoms. The van der Waals surface area contributed by atoms with Crippen LogP contribution in [0.15, 0.2) is 109 Å². The molecule has 190 valence electrons. The Labute approximate surface area is 228 Å². The maximum Gasteiger partial charge on any atom is 0.0585 e. The number of pyridine rings is 1. The second-order valence-corrected chi connectivity index (χ2v) is 10.6. The van der Waals surface area contributed by atoms with Crippen LogP contribution in [-0.2, 0) is 5.41 Å². The van der Waals surface area contributed by atoms with Gasteiger partial charge in [-0.3, -0.25) is 4.98 Å². The third-order valence-corrected chi connectivity index (χ3v) is 8.19. The van der Waals surface area contributed by atoms with Gasteiger partial charge in [0.15, 0.2) is 0 Å². The summed E-state index contributed by atoms with van der Waals surface area (Å²) in [6.45, 7) is 8.74. The number of aromatic nitrogens is 3. The minimum Gasteiger partial charge on any atom is -0.354 e. The summed E-state index contributed by atoms with van der Waals surface area (Å²) in [6, 6.07) is 35.1. The van der Waals surface area contributed by atoms with Crippen LogP contribution in [0.1, 0.15) is 38.8 Å². The lowest BCUT2D eigenvalue weighted by Crippen LogP contribution is -2.14. The lowest BCUT2D eigenvalue weighted by Gasteiger charge is -2.21. The number of fused-ring (bicyclic) bond motifs is 9. The van der Waals surface area contributed by atoms with Gasteiger partial charge in [-0.15, -0.1) is 0 Å². The van der Waals surface area contributed by atoms with E-state index in [1.54, 1.807) is 0 Å². The fraction of sp³-hybridized carbons (Fsp3) is 0.139. The fourth-order valence-corrected chi connectivity index (χ4v) is 6.54. The van der Waals surface area contributed by atoms with Gasteiger partial charge in [-0.2, -0.15) is 0 Å². The Balaban J connectivity index is 0.00000124. The standard InChI is InChI=1S/C34H25N3.C2H6/c1-34(2)27-13-7-6-12-25(27)33-31(34)30-29(37(33)23-10-4-3-5-11-23)17-15-24-26-19-21(22-9-8-18-35-20-22)14-16-28(26)36-32(24)30;1-2/h3-20,36H,1-2H3;1-2H3. The van der Waals surface area contributed by atoms with Crippen LogP contribution < -0.4 is 0 Å². The van der Waals surface area contributed by atoms with Crippen LogP contribution >= 0.6 is 0 Å². The molecule has 1 aliphatic carbocycles. The monoisotopic (exact) mass is 505 g/mol. The van der Waals surface area contributed by atoms with Crippen LogP contribution in [0.2, 0.25) is 0 Å². The molecule has 1 N–H and O–H groups in total. The predicted molar refractivity (Wildman–Crippen MR) is 165 cm³/mol. The van der Waals surface area contributed by atoms with Gasteiger partial charge in [-0.1, -0.05) is 88.4 Å². The fourth-order valence-electron chi connectivity index (χ4n) is 6.54. The van der Waals surface area contributed by atoms with Crippen LogP contribution in [0.3, 0.4) is 0 Å². The second kappa shape index (κ2) is 8.71. The molecule has 1 aliphatic rings. The Hall–Kier alpha value is -4.63. The summed E-state index contributed by atoms with van der Waals surface area (Å²) < 4.78 is 2.46. The highest BCUT2D eigenvalue weighted by Gasteiger charge is 2.41. The zero-order valence-electron chi connectivity index (χ0n) is 22.8. The maximum atomic E-state index is 4.33. The molecule has 0 atom stereocenters. The Morgan fingerprint density at radius 1 is 0.744 bits per heavy atom. The van der Waals surface area contributed by atoms with E-state index >= 15 is 0 Å². The van der Waals surface area contributed by atoms with Crippen LogP contribution in [0, 0.1) is 0 Å². The van der Waals surface area contributed by atoms with Crippen molar-refractivity contribution in [2.45, 2.75) is 33.1 Å². The van der Waals surface area contributed by atoms with Gasteiger partial charge in [-0.25, -0.2) is 0 Å². The number of nitrogens with one attached hydrogen (secondary N) is 1. The zero-order chi connectivity index (χ0) is 26.7. The number of benzene rings is 4. The van der Waals surface area contributed by atoms with Gasteiger partial charge < -0.3 is 9.55 Å². The summed E-state index contributed by atoms with van der Waals surface area (Å²) in [5, 5.41) is 3.82. The molecule has 8 rings (SSSR count). The molecule has 3 nitrogen and oxygen atoms in total. The van der Waals surface area contributed by atoms with E-state index in [9.17, 15) is 0 Å². The first kappa shape index (κ1) is 23.5. The molecule has 0 bridgehead atoms. The molecule has 0 unspecified atom stereocenters. The molecule has 4 aromatic carbocycles. The molecular weight excluding hydrogens is 474 g/mol. The van der Waals surface area contributed by atoms with Crippen LogP contribution in [0.25, 0.3) is 60.8 Å². The molecule has 0 radical (unpaired) electrons. The van der Waals surface area contributed by atoms with E-state index in [1.165, 1.54) is 60.8 Å². The summed E-state index contributed by atoms with van der Waals surface area (Å²) >= 11 is 0. The van der Waals surface area contributed by atoms with Gasteiger partial charge in [-0.05, 0) is 53.1 Å². The molecule has 7 aromatic rings. The molecule has 3 heteroatoms. The molecule has 0 fully saturated rings. The second-order valence-electron chi connectivity index (χ2n) is 10.6. The van der Waals surface area contributed by atoms with E-state index < -0.39 is 0 Å². The van der Waals surface area contributed by atoms with E-state index in [1.807, 2.05) is 32.3 Å². The van der Waals surface area contributed by atoms with Gasteiger partial charge in [0.2, 0.25) is 0 Å². The normalized spacial score (nSPS) is 13.3. The van der Waals surface area contributed by atoms with Crippen LogP contribution in [0.5, 0.6) is 0 Å². The van der Waals surface area contributed by atoms with E-state index in [2.05, 4.69) is 119 Å². The van der Waals surface area contributed by atoms with Gasteiger partial charge in [0.1, 0.15) is 0 Å². The topological polar surface area (TPSA) is 33.6 Å². The zero-order valence-corrected chi connectivity index (χ0v) is 22.8. The number of hydrogen-bond acceptors (Lipinski definition) is 1. The molecule has 0 spiro atoms. The molecule has 0 saturated heterocycles. The van der Waals surface area contributed by atoms with Crippen molar-refractivity contribution in [3.63, 3.8) is 0 Å². The number of rotatable bonds is 2. The van der Waals surface area contributed by atoms with E-state index in [0.717, 1.165) is 11.1 Å². The number of H-pyrrole nitrogens is 1. The molecule has 0 amide bonds. The number of aromatic amines is 1. The molecular formula is C36H31N3. The average molecular weight is 506 g/mol. The van der Waals surface area contributed by atoms with Crippen molar-refractivity contribution >= 4 is 32.7 Å². The van der Waals surface area contributed by atoms with Crippen molar-refractivity contribution in [3.05, 3.63) is 121 Å². The highest BCUT2D eigenvalue weighted by atomic mass is 15.0. The summed E-state index contributed by atoms with van der Waals surface area (Å²) in [7, 11) is 0. The SMILES string of the molecule is CC.CC1(C)c2ccccc2-c2c1c1c3[nH]c4ccc(-c5cccnc5)cc4c3ccc1n2-c1ccccc1. The van der Waals surface area contributed by atoms with Crippen molar-refractivity contribution in [2.24, 2.45) is 0 Å². The van der Waals surface area contributed by atoms with Crippen molar-refractivity contribution in [3.8, 4) is 28.1 Å². The van der Waals surface area contributed by atoms with Gasteiger partial charge in [0, 0.05) is 56.3 Å². The summed E-state index contributed by atoms with van der Waals surface area (Å²) in [5.41, 5.74) is 12.4. The number of hydrogen-bond donors (Lipinski definition) is 1. The van der Waals surface area contributed by atoms with Crippen LogP contribution in [0.4, 0.5) is 0 Å². The molecule has 0 aliphatic heterocycles. The first-order valence-corrected chi connectivity index (χ1v) is 13.8. The summed E-state index contributed by atoms with van der Waals surface area (Å²) in [5.74, 6) is 0. The largest absolute Gasteiger partial charge is 0.354 e. The Bertz CT molecular complexity index is 1990. The molecule has 3 aromatic heterocycles. The lowest BCUT2D eigenvalue weighted by atomic mass is 9.81. The van der Waals surface area contributed by atoms with Gasteiger partial charge in [0.25, 0.3) is 0 Å². The van der Waals surface area contributed by atoms with E-state index in [4.69, 9.17) is 0 Å². The Kier molecular flexibility index (Phi) is 5.24. The Morgan fingerprint density at radius 3 is 2.33 bits per heavy atom. The van der Waals surface area contributed by atoms with Gasteiger partial charge in [0.05, 0.1) is 16.7 Å². The number of nitrogens with zero attached hydrogens (tertiary/aromatic N) is 2. The maximum absolute atomic E-state index is 4.33. The van der Waals surface area contributed by atoms with Crippen molar-refractivity contribution in [1.82, 2.24) is 14.5 Å². The van der Waals surface area contributed by atoms with Crippen LogP contribution in [-0.4, -0.2) is 14.5 Å². The Morgan fingerprint density at radius 2 is 1.54 bits per heavy atom. The third kappa shape index (κ3) is 3.26. The molecule has 0 saturated carbocycles. The average Bonchev–Trinajstić information content (AvgIpc) is 3.61. The summed E-state index contributed by atoms with van der Waals surface area (Å²) in [6.07, 6.45) is 3.75. The third-order valence-electron chi connectivity index (χ3n) is 8.19. The van der Waals surface area contributed by atoms with E-state index in [-0.39, 0.29) is 5.41 Å². The first-order valence-electron chi connectivity index (χ1n) is 13.8. The minimum absolute atomic E-state index is 0.114. The summed E-state index contributed by atoms with van der Waals surface area (Å²) in [4.78, 5) is 8.16. The first-order chi connectivity index (χ1) is 19.1. The lowest BCUT2D eigenvalue weighted by molar-refractivity contribution is 0.666. The smallest absolute Gasteiger partial charge is 0.0585 e. The van der Waals surface area contributed by atoms with Crippen molar-refractivity contribution in [1.29, 1.82) is 0 Å². The molecule has 3 heterocycles.